The summed E-state index contributed by atoms with van der Waals surface area (Å²) >= 11 is 5.97. The molecule has 0 aliphatic carbocycles. The average Bonchev–Trinajstić information content (AvgIpc) is 2.51. The number of methoxy groups -OCH3 is 1. The van der Waals surface area contributed by atoms with E-state index in [1.54, 1.807) is 7.11 Å². The molecule has 116 valence electrons. The number of rotatable bonds is 6. The van der Waals surface area contributed by atoms with Crippen molar-refractivity contribution in [3.63, 3.8) is 0 Å². The number of nitrogens with one attached hydrogen (secondary N) is 2. The standard InChI is InChI=1S/C17H19ClN2O2/c1-12-7-8-13(18)11-15(12)19-10-9-17(21)20-14-5-3-4-6-16(14)22-2/h3-8,11,19H,9-10H2,1-2H3,(H,20,21). The SMILES string of the molecule is COc1ccccc1NC(=O)CCNc1cc(Cl)ccc1C. The van der Waals surface area contributed by atoms with Crippen LogP contribution in [0, 0.1) is 6.92 Å². The zero-order valence-electron chi connectivity index (χ0n) is 12.7. The number of halogens is 1. The largest absolute Gasteiger partial charge is 0.495 e. The van der Waals surface area contributed by atoms with Gasteiger partial charge >= 0.3 is 0 Å². The molecule has 0 spiro atoms. The molecule has 0 unspecified atom stereocenters. The van der Waals surface area contributed by atoms with Gasteiger partial charge in [0, 0.05) is 23.7 Å². The molecule has 0 aromatic heterocycles. The molecular formula is C17H19ClN2O2. The van der Waals surface area contributed by atoms with Crippen molar-refractivity contribution >= 4 is 28.9 Å². The summed E-state index contributed by atoms with van der Waals surface area (Å²) in [7, 11) is 1.58. The molecule has 0 bridgehead atoms. The Kier molecular flexibility index (Phi) is 5.67. The predicted molar refractivity (Wildman–Crippen MR) is 90.9 cm³/mol. The highest BCUT2D eigenvalue weighted by atomic mass is 35.5. The summed E-state index contributed by atoms with van der Waals surface area (Å²) in [6.45, 7) is 2.52. The smallest absolute Gasteiger partial charge is 0.226 e. The Hall–Kier alpha value is -2.20. The summed E-state index contributed by atoms with van der Waals surface area (Å²) in [5, 5.41) is 6.74. The monoisotopic (exact) mass is 318 g/mol. The van der Waals surface area contributed by atoms with Crippen LogP contribution in [0.25, 0.3) is 0 Å². The number of hydrogen-bond donors (Lipinski definition) is 2. The molecule has 0 aliphatic rings. The minimum Gasteiger partial charge on any atom is -0.495 e. The normalized spacial score (nSPS) is 10.1. The van der Waals surface area contributed by atoms with Crippen molar-refractivity contribution in [3.05, 3.63) is 53.1 Å². The maximum atomic E-state index is 12.0. The summed E-state index contributed by atoms with van der Waals surface area (Å²) in [4.78, 5) is 12.0. The third kappa shape index (κ3) is 4.40. The molecule has 1 amide bonds. The van der Waals surface area contributed by atoms with Crippen molar-refractivity contribution in [2.24, 2.45) is 0 Å². The van der Waals surface area contributed by atoms with Crippen LogP contribution in [0.15, 0.2) is 42.5 Å². The van der Waals surface area contributed by atoms with E-state index < -0.39 is 0 Å². The van der Waals surface area contributed by atoms with Gasteiger partial charge in [-0.3, -0.25) is 4.79 Å². The second-order valence-electron chi connectivity index (χ2n) is 4.88. The van der Waals surface area contributed by atoms with Gasteiger partial charge in [0.15, 0.2) is 0 Å². The molecule has 2 N–H and O–H groups in total. The number of amides is 1. The number of hydrogen-bond acceptors (Lipinski definition) is 3. The predicted octanol–water partition coefficient (Wildman–Crippen LogP) is 4.10. The Morgan fingerprint density at radius 2 is 1.95 bits per heavy atom. The first-order chi connectivity index (χ1) is 10.6. The van der Waals surface area contributed by atoms with Crippen molar-refractivity contribution in [2.75, 3.05) is 24.3 Å². The van der Waals surface area contributed by atoms with E-state index in [2.05, 4.69) is 10.6 Å². The quantitative estimate of drug-likeness (QED) is 0.843. The molecule has 2 rings (SSSR count). The van der Waals surface area contributed by atoms with Crippen molar-refractivity contribution in [2.45, 2.75) is 13.3 Å². The van der Waals surface area contributed by atoms with Gasteiger partial charge in [-0.15, -0.1) is 0 Å². The molecule has 22 heavy (non-hydrogen) atoms. The summed E-state index contributed by atoms with van der Waals surface area (Å²) in [5.74, 6) is 0.575. The Morgan fingerprint density at radius 3 is 2.73 bits per heavy atom. The highest BCUT2D eigenvalue weighted by molar-refractivity contribution is 6.30. The molecule has 0 heterocycles. The molecule has 0 atom stereocenters. The molecular weight excluding hydrogens is 300 g/mol. The van der Waals surface area contributed by atoms with E-state index in [0.29, 0.717) is 29.4 Å². The number of carbonyl (C=O) groups is 1. The lowest BCUT2D eigenvalue weighted by atomic mass is 10.2. The van der Waals surface area contributed by atoms with Crippen LogP contribution in [0.2, 0.25) is 5.02 Å². The van der Waals surface area contributed by atoms with E-state index >= 15 is 0 Å². The first-order valence-electron chi connectivity index (χ1n) is 7.03. The lowest BCUT2D eigenvalue weighted by Gasteiger charge is -2.11. The molecule has 5 heteroatoms. The zero-order valence-corrected chi connectivity index (χ0v) is 13.4. The van der Waals surface area contributed by atoms with E-state index in [-0.39, 0.29) is 5.91 Å². The van der Waals surface area contributed by atoms with Gasteiger partial charge in [-0.05, 0) is 36.8 Å². The van der Waals surface area contributed by atoms with Crippen LogP contribution in [0.5, 0.6) is 5.75 Å². The van der Waals surface area contributed by atoms with Crippen LogP contribution in [0.4, 0.5) is 11.4 Å². The van der Waals surface area contributed by atoms with Gasteiger partial charge in [0.2, 0.25) is 5.91 Å². The minimum atomic E-state index is -0.0725. The molecule has 2 aromatic carbocycles. The molecule has 0 fully saturated rings. The first-order valence-corrected chi connectivity index (χ1v) is 7.41. The summed E-state index contributed by atoms with van der Waals surface area (Å²) in [5.41, 5.74) is 2.71. The van der Waals surface area contributed by atoms with Crippen LogP contribution in [0.3, 0.4) is 0 Å². The van der Waals surface area contributed by atoms with Gasteiger partial charge in [0.1, 0.15) is 5.75 Å². The summed E-state index contributed by atoms with van der Waals surface area (Å²) in [6.07, 6.45) is 0.351. The maximum Gasteiger partial charge on any atom is 0.226 e. The second-order valence-corrected chi connectivity index (χ2v) is 5.32. The number of carbonyl (C=O) groups excluding carboxylic acids is 1. The van der Waals surface area contributed by atoms with Crippen LogP contribution >= 0.6 is 11.6 Å². The van der Waals surface area contributed by atoms with E-state index in [1.165, 1.54) is 0 Å². The number of ether oxygens (including phenoxy) is 1. The zero-order chi connectivity index (χ0) is 15.9. The highest BCUT2D eigenvalue weighted by Crippen LogP contribution is 2.23. The molecule has 2 aromatic rings. The lowest BCUT2D eigenvalue weighted by Crippen LogP contribution is -2.17. The Bertz CT molecular complexity index is 659. The number of benzene rings is 2. The average molecular weight is 319 g/mol. The van der Waals surface area contributed by atoms with Crippen LogP contribution in [-0.4, -0.2) is 19.6 Å². The van der Waals surface area contributed by atoms with Gasteiger partial charge in [0.05, 0.1) is 12.8 Å². The summed E-state index contributed by atoms with van der Waals surface area (Å²) in [6, 6.07) is 13.0. The van der Waals surface area contributed by atoms with Crippen molar-refractivity contribution < 1.29 is 9.53 Å². The van der Waals surface area contributed by atoms with Crippen LogP contribution < -0.4 is 15.4 Å². The van der Waals surface area contributed by atoms with Gasteiger partial charge in [-0.25, -0.2) is 0 Å². The second kappa shape index (κ2) is 7.71. The van der Waals surface area contributed by atoms with E-state index in [4.69, 9.17) is 16.3 Å². The Morgan fingerprint density at radius 1 is 1.18 bits per heavy atom. The third-order valence-corrected chi connectivity index (χ3v) is 3.48. The Balaban J connectivity index is 1.87. The number of anilines is 2. The van der Waals surface area contributed by atoms with E-state index in [1.807, 2.05) is 49.4 Å². The minimum absolute atomic E-state index is 0.0725. The number of para-hydroxylation sites is 2. The molecule has 0 radical (unpaired) electrons. The third-order valence-electron chi connectivity index (χ3n) is 3.25. The molecule has 0 aliphatic heterocycles. The van der Waals surface area contributed by atoms with E-state index in [0.717, 1.165) is 11.3 Å². The lowest BCUT2D eigenvalue weighted by molar-refractivity contribution is -0.116. The number of aryl methyl sites for hydroxylation is 1. The van der Waals surface area contributed by atoms with Gasteiger partial charge < -0.3 is 15.4 Å². The fourth-order valence-corrected chi connectivity index (χ4v) is 2.23. The molecule has 0 saturated carbocycles. The fourth-order valence-electron chi connectivity index (χ4n) is 2.06. The van der Waals surface area contributed by atoms with Crippen molar-refractivity contribution in [1.29, 1.82) is 0 Å². The molecule has 0 saturated heterocycles. The van der Waals surface area contributed by atoms with Crippen molar-refractivity contribution in [1.82, 2.24) is 0 Å². The van der Waals surface area contributed by atoms with Gasteiger partial charge in [0.25, 0.3) is 0 Å². The van der Waals surface area contributed by atoms with E-state index in [9.17, 15) is 4.79 Å². The highest BCUT2D eigenvalue weighted by Gasteiger charge is 2.07. The molecule has 4 nitrogen and oxygen atoms in total. The van der Waals surface area contributed by atoms with Crippen molar-refractivity contribution in [3.8, 4) is 5.75 Å². The Labute approximate surface area is 135 Å². The summed E-state index contributed by atoms with van der Waals surface area (Å²) < 4.78 is 5.20. The first kappa shape index (κ1) is 16.2. The van der Waals surface area contributed by atoms with Crippen LogP contribution in [-0.2, 0) is 4.79 Å². The van der Waals surface area contributed by atoms with Crippen LogP contribution in [0.1, 0.15) is 12.0 Å². The van der Waals surface area contributed by atoms with Gasteiger partial charge in [-0.1, -0.05) is 29.8 Å². The topological polar surface area (TPSA) is 50.4 Å². The maximum absolute atomic E-state index is 12.0. The fraction of sp³-hybridized carbons (Fsp3) is 0.235. The van der Waals surface area contributed by atoms with Gasteiger partial charge in [-0.2, -0.15) is 0 Å².